The Kier molecular flexibility index (Phi) is 9.71. The second kappa shape index (κ2) is 9.85. The summed E-state index contributed by atoms with van der Waals surface area (Å²) in [4.78, 5) is 0. The van der Waals surface area contributed by atoms with E-state index in [1.165, 1.54) is 22.3 Å². The molecule has 0 N–H and O–H groups in total. The third-order valence-electron chi connectivity index (χ3n) is 4.28. The Morgan fingerprint density at radius 2 is 1.30 bits per heavy atom. The number of allylic oxidation sites excluding steroid dienone is 4. The molecule has 0 atom stereocenters. The molecule has 0 unspecified atom stereocenters. The standard InChI is InChI=1S/C19H16.3ClH.Zr/c1-2-8-14(7-1)13-19-17-11-5-3-9-15(17)16-10-4-6-12-18(16)19;;;;/h1-7,9-12,19H,8,13H2;3*1H;. The zero-order valence-electron chi connectivity index (χ0n) is 12.6. The number of fused-ring (bicyclic) bond motifs is 3. The monoisotopic (exact) mass is 442 g/mol. The molecule has 2 aromatic carbocycles. The first kappa shape index (κ1) is 22.7. The molecule has 2 aromatic rings. The van der Waals surface area contributed by atoms with Crippen LogP contribution < -0.4 is 0 Å². The molecule has 0 radical (unpaired) electrons. The second-order valence-electron chi connectivity index (χ2n) is 5.39. The zero-order chi connectivity index (χ0) is 12.7. The summed E-state index contributed by atoms with van der Waals surface area (Å²) in [5, 5.41) is 0. The maximum atomic E-state index is 2.29. The Labute approximate surface area is 175 Å². The number of hydrogen-bond donors (Lipinski definition) is 0. The summed E-state index contributed by atoms with van der Waals surface area (Å²) in [6.45, 7) is 0. The van der Waals surface area contributed by atoms with Crippen LogP contribution >= 0.6 is 37.2 Å². The van der Waals surface area contributed by atoms with Gasteiger partial charge in [-0.1, -0.05) is 72.3 Å². The van der Waals surface area contributed by atoms with Gasteiger partial charge < -0.3 is 0 Å². The first-order valence-corrected chi connectivity index (χ1v) is 6.96. The zero-order valence-corrected chi connectivity index (χ0v) is 17.5. The van der Waals surface area contributed by atoms with E-state index in [4.69, 9.17) is 0 Å². The van der Waals surface area contributed by atoms with Gasteiger partial charge in [0.25, 0.3) is 0 Å². The molecule has 0 aromatic heterocycles. The summed E-state index contributed by atoms with van der Waals surface area (Å²) >= 11 is 0. The van der Waals surface area contributed by atoms with Gasteiger partial charge in [0.05, 0.1) is 0 Å². The summed E-state index contributed by atoms with van der Waals surface area (Å²) in [6, 6.07) is 17.7. The Hall–Kier alpha value is -0.327. The Bertz CT molecular complexity index is 662. The van der Waals surface area contributed by atoms with Crippen LogP contribution in [-0.4, -0.2) is 0 Å². The van der Waals surface area contributed by atoms with E-state index in [1.54, 1.807) is 5.57 Å². The number of benzene rings is 2. The van der Waals surface area contributed by atoms with E-state index in [9.17, 15) is 0 Å². The van der Waals surface area contributed by atoms with Crippen molar-refractivity contribution in [3.05, 3.63) is 83.5 Å². The number of rotatable bonds is 2. The summed E-state index contributed by atoms with van der Waals surface area (Å²) in [5.74, 6) is 0.540. The minimum absolute atomic E-state index is 0. The van der Waals surface area contributed by atoms with Crippen molar-refractivity contribution >= 4 is 37.2 Å². The average molecular weight is 445 g/mol. The minimum atomic E-state index is 0. The van der Waals surface area contributed by atoms with Gasteiger partial charge in [-0.05, 0) is 35.1 Å². The first-order chi connectivity index (χ1) is 9.43. The quantitative estimate of drug-likeness (QED) is 0.507. The fourth-order valence-electron chi connectivity index (χ4n) is 3.38. The van der Waals surface area contributed by atoms with E-state index >= 15 is 0 Å². The third-order valence-corrected chi connectivity index (χ3v) is 4.28. The predicted molar refractivity (Wildman–Crippen MR) is 102 cm³/mol. The van der Waals surface area contributed by atoms with E-state index in [1.807, 2.05) is 0 Å². The van der Waals surface area contributed by atoms with Crippen LogP contribution in [0.1, 0.15) is 29.9 Å². The van der Waals surface area contributed by atoms with Gasteiger partial charge in [0.1, 0.15) is 0 Å². The largest absolute Gasteiger partial charge is 0.147 e. The summed E-state index contributed by atoms with van der Waals surface area (Å²) in [6.07, 6.45) is 9.00. The summed E-state index contributed by atoms with van der Waals surface area (Å²) in [5.41, 5.74) is 7.40. The third kappa shape index (κ3) is 4.20. The van der Waals surface area contributed by atoms with Crippen LogP contribution in [0, 0.1) is 0 Å². The van der Waals surface area contributed by atoms with Gasteiger partial charge in [-0.2, -0.15) is 0 Å². The van der Waals surface area contributed by atoms with Crippen molar-refractivity contribution in [2.45, 2.75) is 18.8 Å². The van der Waals surface area contributed by atoms with Gasteiger partial charge in [0.2, 0.25) is 0 Å². The van der Waals surface area contributed by atoms with Gasteiger partial charge in [-0.15, -0.1) is 37.2 Å². The van der Waals surface area contributed by atoms with Crippen LogP contribution in [0.25, 0.3) is 11.1 Å². The van der Waals surface area contributed by atoms with E-state index in [2.05, 4.69) is 66.8 Å². The molecule has 0 saturated heterocycles. The fraction of sp³-hybridized carbons (Fsp3) is 0.158. The van der Waals surface area contributed by atoms with Crippen LogP contribution in [0.3, 0.4) is 0 Å². The van der Waals surface area contributed by atoms with Crippen LogP contribution in [-0.2, 0) is 26.2 Å². The average Bonchev–Trinajstić information content (AvgIpc) is 3.08. The maximum Gasteiger partial charge on any atom is 0.0139 e. The van der Waals surface area contributed by atoms with Gasteiger partial charge in [0.15, 0.2) is 0 Å². The van der Waals surface area contributed by atoms with Crippen molar-refractivity contribution in [1.29, 1.82) is 0 Å². The molecule has 4 heteroatoms. The van der Waals surface area contributed by atoms with E-state index < -0.39 is 0 Å². The molecular weight excluding hydrogens is 426 g/mol. The molecule has 0 amide bonds. The molecule has 0 saturated carbocycles. The van der Waals surface area contributed by atoms with Crippen molar-refractivity contribution in [3.8, 4) is 11.1 Å². The molecule has 0 fully saturated rings. The molecule has 0 spiro atoms. The van der Waals surface area contributed by atoms with Crippen molar-refractivity contribution in [2.24, 2.45) is 0 Å². The molecule has 4 rings (SSSR count). The Morgan fingerprint density at radius 3 is 1.78 bits per heavy atom. The number of halogens is 3. The molecule has 2 aliphatic rings. The molecular formula is C19H19Cl3Zr. The molecule has 0 aliphatic heterocycles. The normalized spacial score (nSPS) is 13.5. The molecule has 0 heterocycles. The van der Waals surface area contributed by atoms with E-state index in [-0.39, 0.29) is 63.4 Å². The van der Waals surface area contributed by atoms with Gasteiger partial charge in [0, 0.05) is 32.1 Å². The Morgan fingerprint density at radius 1 is 0.783 bits per heavy atom. The van der Waals surface area contributed by atoms with Crippen molar-refractivity contribution in [2.75, 3.05) is 0 Å². The Balaban J connectivity index is 0.00000121. The minimum Gasteiger partial charge on any atom is -0.147 e. The van der Waals surface area contributed by atoms with Gasteiger partial charge in [-0.3, -0.25) is 0 Å². The topological polar surface area (TPSA) is 0 Å². The van der Waals surface area contributed by atoms with Crippen LogP contribution in [0.2, 0.25) is 0 Å². The van der Waals surface area contributed by atoms with Crippen molar-refractivity contribution in [3.63, 3.8) is 0 Å². The van der Waals surface area contributed by atoms with Crippen molar-refractivity contribution < 1.29 is 26.2 Å². The summed E-state index contributed by atoms with van der Waals surface area (Å²) < 4.78 is 0. The van der Waals surface area contributed by atoms with Gasteiger partial charge >= 0.3 is 0 Å². The molecule has 0 bridgehead atoms. The first-order valence-electron chi connectivity index (χ1n) is 6.96. The van der Waals surface area contributed by atoms with Crippen LogP contribution in [0.15, 0.2) is 72.3 Å². The number of hydrogen-bond acceptors (Lipinski definition) is 0. The SMILES string of the molecule is C1=CCC(CC2c3ccccc3-c3ccccc32)=C1.Cl.Cl.Cl.[Zr]. The molecule has 2 aliphatic carbocycles. The van der Waals surface area contributed by atoms with Crippen LogP contribution in [0.5, 0.6) is 0 Å². The predicted octanol–water partition coefficient (Wildman–Crippen LogP) is 6.34. The van der Waals surface area contributed by atoms with Crippen molar-refractivity contribution in [1.82, 2.24) is 0 Å². The summed E-state index contributed by atoms with van der Waals surface area (Å²) in [7, 11) is 0. The molecule has 23 heavy (non-hydrogen) atoms. The molecule has 120 valence electrons. The fourth-order valence-corrected chi connectivity index (χ4v) is 3.38. The maximum absolute atomic E-state index is 2.29. The van der Waals surface area contributed by atoms with Crippen LogP contribution in [0.4, 0.5) is 0 Å². The second-order valence-corrected chi connectivity index (χ2v) is 5.39. The smallest absolute Gasteiger partial charge is 0.0139 e. The van der Waals surface area contributed by atoms with E-state index in [0.29, 0.717) is 5.92 Å². The van der Waals surface area contributed by atoms with E-state index in [0.717, 1.165) is 12.8 Å². The molecule has 0 nitrogen and oxygen atoms in total. The van der Waals surface area contributed by atoms with Gasteiger partial charge in [-0.25, -0.2) is 0 Å².